The highest BCUT2D eigenvalue weighted by molar-refractivity contribution is 5.92. The SMILES string of the molecule is CCCOC(=O)c1cc(O[C@@]2(O)[C@H](O)[C@@H](O)CO[C@@H]2CO)ccc1O. The predicted molar refractivity (Wildman–Crippen MR) is 83.1 cm³/mol. The van der Waals surface area contributed by atoms with Crippen LogP contribution in [0.5, 0.6) is 11.5 Å². The highest BCUT2D eigenvalue weighted by atomic mass is 16.7. The lowest BCUT2D eigenvalue weighted by molar-refractivity contribution is -0.322. The van der Waals surface area contributed by atoms with Gasteiger partial charge in [0.05, 0.1) is 19.8 Å². The first-order chi connectivity index (χ1) is 11.8. The van der Waals surface area contributed by atoms with Crippen LogP contribution in [0.1, 0.15) is 23.7 Å². The maximum Gasteiger partial charge on any atom is 0.342 e. The molecule has 0 saturated carbocycles. The van der Waals surface area contributed by atoms with Crippen molar-refractivity contribution >= 4 is 5.97 Å². The van der Waals surface area contributed by atoms with Crippen molar-refractivity contribution < 1.29 is 44.5 Å². The molecule has 1 heterocycles. The zero-order chi connectivity index (χ0) is 18.6. The van der Waals surface area contributed by atoms with Crippen LogP contribution in [-0.2, 0) is 9.47 Å². The third-order valence-electron chi connectivity index (χ3n) is 3.79. The second-order valence-electron chi connectivity index (χ2n) is 5.69. The highest BCUT2D eigenvalue weighted by Gasteiger charge is 2.53. The van der Waals surface area contributed by atoms with Gasteiger partial charge in [-0.1, -0.05) is 6.92 Å². The summed E-state index contributed by atoms with van der Waals surface area (Å²) in [5.74, 6) is -3.68. The molecule has 1 aromatic carbocycles. The van der Waals surface area contributed by atoms with E-state index >= 15 is 0 Å². The van der Waals surface area contributed by atoms with Crippen LogP contribution in [0.3, 0.4) is 0 Å². The minimum atomic E-state index is -2.45. The standard InChI is InChI=1S/C16H22O9/c1-2-5-23-15(21)10-6-9(3-4-11(10)18)25-16(22)13(7-17)24-8-12(19)14(16)20/h3-4,6,12-14,17-20,22H,2,5,7-8H2,1H3/t12-,13+,14+,16+/m0/s1. The third kappa shape index (κ3) is 4.02. The molecular formula is C16H22O9. The van der Waals surface area contributed by atoms with E-state index in [1.54, 1.807) is 0 Å². The largest absolute Gasteiger partial charge is 0.507 e. The van der Waals surface area contributed by atoms with Gasteiger partial charge < -0.3 is 39.7 Å². The van der Waals surface area contributed by atoms with Gasteiger partial charge in [-0.15, -0.1) is 0 Å². The molecule has 9 nitrogen and oxygen atoms in total. The molecule has 0 radical (unpaired) electrons. The van der Waals surface area contributed by atoms with Crippen molar-refractivity contribution in [3.05, 3.63) is 23.8 Å². The Morgan fingerprint density at radius 2 is 2.12 bits per heavy atom. The molecule has 0 spiro atoms. The first-order valence-electron chi connectivity index (χ1n) is 7.83. The fraction of sp³-hybridized carbons (Fsp3) is 0.562. The van der Waals surface area contributed by atoms with E-state index < -0.39 is 36.7 Å². The van der Waals surface area contributed by atoms with Gasteiger partial charge in [-0.05, 0) is 24.6 Å². The molecular weight excluding hydrogens is 336 g/mol. The normalized spacial score (nSPS) is 29.2. The van der Waals surface area contributed by atoms with Crippen molar-refractivity contribution in [2.75, 3.05) is 19.8 Å². The number of hydrogen-bond acceptors (Lipinski definition) is 9. The molecule has 5 N–H and O–H groups in total. The molecule has 140 valence electrons. The molecule has 1 aliphatic heterocycles. The molecule has 1 saturated heterocycles. The van der Waals surface area contributed by atoms with Crippen molar-refractivity contribution in [1.29, 1.82) is 0 Å². The van der Waals surface area contributed by atoms with E-state index in [1.165, 1.54) is 6.07 Å². The summed E-state index contributed by atoms with van der Waals surface area (Å²) in [5.41, 5.74) is -0.193. The van der Waals surface area contributed by atoms with Crippen LogP contribution in [-0.4, -0.2) is 75.4 Å². The number of aliphatic hydroxyl groups is 4. The molecule has 0 unspecified atom stereocenters. The van der Waals surface area contributed by atoms with Crippen LogP contribution in [0.15, 0.2) is 18.2 Å². The smallest absolute Gasteiger partial charge is 0.342 e. The number of aromatic hydroxyl groups is 1. The molecule has 1 fully saturated rings. The minimum absolute atomic E-state index is 0.0982. The molecule has 25 heavy (non-hydrogen) atoms. The Hall–Kier alpha value is -1.91. The molecule has 1 aromatic rings. The maximum absolute atomic E-state index is 11.9. The number of phenols is 1. The fourth-order valence-electron chi connectivity index (χ4n) is 2.40. The Morgan fingerprint density at radius 1 is 1.40 bits per heavy atom. The zero-order valence-corrected chi connectivity index (χ0v) is 13.7. The van der Waals surface area contributed by atoms with Gasteiger partial charge in [-0.2, -0.15) is 0 Å². The van der Waals surface area contributed by atoms with E-state index in [0.717, 1.165) is 12.1 Å². The van der Waals surface area contributed by atoms with E-state index in [0.29, 0.717) is 6.42 Å². The van der Waals surface area contributed by atoms with E-state index in [-0.39, 0.29) is 30.3 Å². The molecule has 0 aromatic heterocycles. The average molecular weight is 358 g/mol. The van der Waals surface area contributed by atoms with Crippen LogP contribution < -0.4 is 4.74 Å². The maximum atomic E-state index is 11.9. The summed E-state index contributed by atoms with van der Waals surface area (Å²) in [6, 6.07) is 3.52. The van der Waals surface area contributed by atoms with Crippen molar-refractivity contribution in [2.45, 2.75) is 37.4 Å². The second-order valence-corrected chi connectivity index (χ2v) is 5.69. The zero-order valence-electron chi connectivity index (χ0n) is 13.7. The Labute approximate surface area is 144 Å². The van der Waals surface area contributed by atoms with Gasteiger partial charge >= 0.3 is 5.97 Å². The van der Waals surface area contributed by atoms with Gasteiger partial charge in [0.1, 0.15) is 35.4 Å². The molecule has 2 rings (SSSR count). The van der Waals surface area contributed by atoms with Gasteiger partial charge in [0.25, 0.3) is 5.79 Å². The molecule has 0 amide bonds. The van der Waals surface area contributed by atoms with Crippen molar-refractivity contribution in [1.82, 2.24) is 0 Å². The van der Waals surface area contributed by atoms with Crippen molar-refractivity contribution in [3.63, 3.8) is 0 Å². The Morgan fingerprint density at radius 3 is 2.76 bits per heavy atom. The summed E-state index contributed by atoms with van der Waals surface area (Å²) in [7, 11) is 0. The summed E-state index contributed by atoms with van der Waals surface area (Å²) in [4.78, 5) is 11.9. The molecule has 0 aliphatic carbocycles. The fourth-order valence-corrected chi connectivity index (χ4v) is 2.40. The summed E-state index contributed by atoms with van der Waals surface area (Å²) in [6.45, 7) is 1.01. The predicted octanol–water partition coefficient (Wildman–Crippen LogP) is -0.861. The average Bonchev–Trinajstić information content (AvgIpc) is 2.59. The Kier molecular flexibility index (Phi) is 6.20. The van der Waals surface area contributed by atoms with E-state index in [9.17, 15) is 30.3 Å². The summed E-state index contributed by atoms with van der Waals surface area (Å²) in [6.07, 6.45) is -3.92. The number of carbonyl (C=O) groups excluding carboxylic acids is 1. The summed E-state index contributed by atoms with van der Waals surface area (Å²) >= 11 is 0. The van der Waals surface area contributed by atoms with Gasteiger partial charge in [-0.25, -0.2) is 4.79 Å². The summed E-state index contributed by atoms with van der Waals surface area (Å²) in [5, 5.41) is 49.4. The number of ether oxygens (including phenoxy) is 3. The topological polar surface area (TPSA) is 146 Å². The first-order valence-corrected chi connectivity index (χ1v) is 7.83. The number of hydrogen-bond donors (Lipinski definition) is 5. The van der Waals surface area contributed by atoms with Gasteiger partial charge in [0.2, 0.25) is 0 Å². The lowest BCUT2D eigenvalue weighted by Crippen LogP contribution is -2.67. The van der Waals surface area contributed by atoms with Crippen LogP contribution in [0, 0.1) is 0 Å². The van der Waals surface area contributed by atoms with Crippen LogP contribution in [0.4, 0.5) is 0 Å². The van der Waals surface area contributed by atoms with E-state index in [2.05, 4.69) is 0 Å². The molecule has 0 bridgehead atoms. The lowest BCUT2D eigenvalue weighted by atomic mass is 9.96. The number of rotatable bonds is 6. The Balaban J connectivity index is 2.27. The van der Waals surface area contributed by atoms with Gasteiger partial charge in [0.15, 0.2) is 0 Å². The number of aliphatic hydroxyl groups excluding tert-OH is 3. The minimum Gasteiger partial charge on any atom is -0.507 e. The molecule has 9 heteroatoms. The molecule has 4 atom stereocenters. The number of carbonyl (C=O) groups is 1. The highest BCUT2D eigenvalue weighted by Crippen LogP contribution is 2.32. The first kappa shape index (κ1) is 19.4. The van der Waals surface area contributed by atoms with Crippen LogP contribution in [0.2, 0.25) is 0 Å². The van der Waals surface area contributed by atoms with E-state index in [4.69, 9.17) is 14.2 Å². The van der Waals surface area contributed by atoms with E-state index in [1.807, 2.05) is 6.92 Å². The second kappa shape index (κ2) is 7.98. The van der Waals surface area contributed by atoms with Crippen molar-refractivity contribution in [2.24, 2.45) is 0 Å². The van der Waals surface area contributed by atoms with Crippen LogP contribution >= 0.6 is 0 Å². The van der Waals surface area contributed by atoms with Gasteiger partial charge in [-0.3, -0.25) is 0 Å². The molecule has 1 aliphatic rings. The van der Waals surface area contributed by atoms with Crippen molar-refractivity contribution in [3.8, 4) is 11.5 Å². The van der Waals surface area contributed by atoms with Gasteiger partial charge in [0, 0.05) is 0 Å². The Bertz CT molecular complexity index is 601. The third-order valence-corrected chi connectivity index (χ3v) is 3.79. The number of esters is 1. The number of phenolic OH excluding ortho intramolecular Hbond substituents is 1. The summed E-state index contributed by atoms with van der Waals surface area (Å²) < 4.78 is 15.3. The lowest BCUT2D eigenvalue weighted by Gasteiger charge is -2.43. The quantitative estimate of drug-likeness (QED) is 0.324. The van der Waals surface area contributed by atoms with Crippen LogP contribution in [0.25, 0.3) is 0 Å². The monoisotopic (exact) mass is 358 g/mol. The number of benzene rings is 1.